The van der Waals surface area contributed by atoms with Crippen LogP contribution >= 0.6 is 11.8 Å². The van der Waals surface area contributed by atoms with Gasteiger partial charge in [0.2, 0.25) is 5.78 Å². The molecule has 0 atom stereocenters. The van der Waals surface area contributed by atoms with Crippen LogP contribution in [-0.4, -0.2) is 5.78 Å². The number of para-hydroxylation sites is 1. The fourth-order valence-corrected chi connectivity index (χ4v) is 2.99. The van der Waals surface area contributed by atoms with Gasteiger partial charge in [0.15, 0.2) is 0 Å². The summed E-state index contributed by atoms with van der Waals surface area (Å²) in [5, 5.41) is 3.22. The number of Topliss-reactive ketones (excluding diaryl/α,β-unsaturated/α-hetero) is 1. The minimum absolute atomic E-state index is 0.0988. The molecule has 0 saturated carbocycles. The van der Waals surface area contributed by atoms with Crippen LogP contribution in [0.25, 0.3) is 0 Å². The number of hydrogen-bond donors (Lipinski definition) is 1. The summed E-state index contributed by atoms with van der Waals surface area (Å²) in [6.45, 7) is 2.04. The van der Waals surface area contributed by atoms with Crippen molar-refractivity contribution in [2.45, 2.75) is 11.8 Å². The average molecular weight is 267 g/mol. The van der Waals surface area contributed by atoms with Crippen LogP contribution in [0, 0.1) is 6.92 Å². The summed E-state index contributed by atoms with van der Waals surface area (Å²) in [6.07, 6.45) is 1.80. The molecule has 0 radical (unpaired) electrons. The second-order valence-corrected chi connectivity index (χ2v) is 5.48. The number of fused-ring (bicyclic) bond motifs is 1. The molecule has 1 heterocycles. The summed E-state index contributed by atoms with van der Waals surface area (Å²) >= 11 is 1.52. The third kappa shape index (κ3) is 2.29. The average Bonchev–Trinajstić information content (AvgIpc) is 2.75. The first-order valence-electron chi connectivity index (χ1n) is 6.09. The molecule has 2 aromatic carbocycles. The van der Waals surface area contributed by atoms with Crippen molar-refractivity contribution in [2.75, 3.05) is 5.32 Å². The van der Waals surface area contributed by atoms with Crippen molar-refractivity contribution in [1.29, 1.82) is 0 Å². The second kappa shape index (κ2) is 4.94. The Morgan fingerprint density at radius 3 is 2.58 bits per heavy atom. The van der Waals surface area contributed by atoms with E-state index in [4.69, 9.17) is 0 Å². The third-order valence-electron chi connectivity index (χ3n) is 3.08. The third-order valence-corrected chi connectivity index (χ3v) is 4.18. The van der Waals surface area contributed by atoms with Crippen LogP contribution in [-0.2, 0) is 0 Å². The first kappa shape index (κ1) is 12.1. The van der Waals surface area contributed by atoms with E-state index in [0.717, 1.165) is 26.6 Å². The van der Waals surface area contributed by atoms with E-state index in [0.29, 0.717) is 0 Å². The molecule has 0 bridgehead atoms. The number of aryl methyl sites for hydroxylation is 1. The van der Waals surface area contributed by atoms with E-state index in [2.05, 4.69) is 5.32 Å². The van der Waals surface area contributed by atoms with Crippen LogP contribution in [0.2, 0.25) is 0 Å². The normalized spacial score (nSPS) is 15.6. The Balaban J connectivity index is 1.84. The molecule has 0 saturated heterocycles. The Kier molecular flexibility index (Phi) is 3.13. The first-order chi connectivity index (χ1) is 9.25. The number of allylic oxidation sites excluding steroid dienone is 1. The van der Waals surface area contributed by atoms with Crippen molar-refractivity contribution >= 4 is 23.2 Å². The number of carbonyl (C=O) groups excluding carboxylic acids is 1. The predicted molar refractivity (Wildman–Crippen MR) is 79.5 cm³/mol. The predicted octanol–water partition coefficient (Wildman–Crippen LogP) is 4.24. The molecule has 0 amide bonds. The number of anilines is 1. The standard InChI is InChI=1S/C16H13NOS/c1-11-6-2-4-8-13(11)17-10-15-16(18)12-7-3-5-9-14(12)19-15/h2-10,17H,1H3/b15-10+. The molecule has 19 heavy (non-hydrogen) atoms. The molecule has 1 aliphatic heterocycles. The van der Waals surface area contributed by atoms with Crippen molar-refractivity contribution in [2.24, 2.45) is 0 Å². The molecule has 0 aliphatic carbocycles. The summed E-state index contributed by atoms with van der Waals surface area (Å²) in [6, 6.07) is 15.7. The minimum atomic E-state index is 0.0988. The summed E-state index contributed by atoms with van der Waals surface area (Å²) in [7, 11) is 0. The van der Waals surface area contributed by atoms with Gasteiger partial charge in [-0.1, -0.05) is 42.1 Å². The van der Waals surface area contributed by atoms with Crippen molar-refractivity contribution < 1.29 is 4.79 Å². The van der Waals surface area contributed by atoms with Gasteiger partial charge in [0.1, 0.15) is 0 Å². The number of thioether (sulfide) groups is 1. The van der Waals surface area contributed by atoms with Gasteiger partial charge in [-0.2, -0.15) is 0 Å². The zero-order valence-electron chi connectivity index (χ0n) is 10.5. The Morgan fingerprint density at radius 2 is 1.79 bits per heavy atom. The zero-order chi connectivity index (χ0) is 13.2. The van der Waals surface area contributed by atoms with E-state index >= 15 is 0 Å². The molecule has 0 spiro atoms. The quantitative estimate of drug-likeness (QED) is 0.825. The zero-order valence-corrected chi connectivity index (χ0v) is 11.3. The van der Waals surface area contributed by atoms with Crippen LogP contribution in [0.15, 0.2) is 64.5 Å². The topological polar surface area (TPSA) is 29.1 Å². The number of nitrogens with one attached hydrogen (secondary N) is 1. The van der Waals surface area contributed by atoms with Gasteiger partial charge >= 0.3 is 0 Å². The molecule has 0 aromatic heterocycles. The van der Waals surface area contributed by atoms with Crippen LogP contribution in [0.3, 0.4) is 0 Å². The van der Waals surface area contributed by atoms with E-state index in [1.165, 1.54) is 11.8 Å². The van der Waals surface area contributed by atoms with Gasteiger partial charge in [-0.05, 0) is 30.7 Å². The molecule has 2 aromatic rings. The van der Waals surface area contributed by atoms with E-state index in [1.54, 1.807) is 6.20 Å². The molecule has 94 valence electrons. The Hall–Kier alpha value is -2.00. The van der Waals surface area contributed by atoms with Gasteiger partial charge in [-0.25, -0.2) is 0 Å². The lowest BCUT2D eigenvalue weighted by molar-refractivity contribution is 0.104. The molecule has 0 fully saturated rings. The Labute approximate surface area is 116 Å². The summed E-state index contributed by atoms with van der Waals surface area (Å²) in [5.74, 6) is 0.0988. The molecule has 3 heteroatoms. The van der Waals surface area contributed by atoms with Crippen molar-refractivity contribution in [3.63, 3.8) is 0 Å². The maximum absolute atomic E-state index is 12.2. The number of ketones is 1. The van der Waals surface area contributed by atoms with Gasteiger partial charge in [-0.3, -0.25) is 4.79 Å². The molecule has 0 unspecified atom stereocenters. The highest BCUT2D eigenvalue weighted by atomic mass is 32.2. The largest absolute Gasteiger partial charge is 0.360 e. The number of benzene rings is 2. The van der Waals surface area contributed by atoms with Crippen molar-refractivity contribution in [1.82, 2.24) is 0 Å². The van der Waals surface area contributed by atoms with Crippen molar-refractivity contribution in [3.05, 3.63) is 70.8 Å². The van der Waals surface area contributed by atoms with E-state index in [-0.39, 0.29) is 5.78 Å². The molecular formula is C16H13NOS. The highest BCUT2D eigenvalue weighted by molar-refractivity contribution is 8.04. The second-order valence-electron chi connectivity index (χ2n) is 4.40. The van der Waals surface area contributed by atoms with Crippen molar-refractivity contribution in [3.8, 4) is 0 Å². The van der Waals surface area contributed by atoms with Crippen LogP contribution in [0.5, 0.6) is 0 Å². The van der Waals surface area contributed by atoms with Gasteiger partial charge < -0.3 is 5.32 Å². The van der Waals surface area contributed by atoms with Gasteiger partial charge in [-0.15, -0.1) is 0 Å². The lowest BCUT2D eigenvalue weighted by Crippen LogP contribution is -1.98. The smallest absolute Gasteiger partial charge is 0.202 e. The molecule has 1 aliphatic rings. The van der Waals surface area contributed by atoms with Crippen LogP contribution in [0.4, 0.5) is 5.69 Å². The molecular weight excluding hydrogens is 254 g/mol. The van der Waals surface area contributed by atoms with E-state index in [1.807, 2.05) is 55.5 Å². The van der Waals surface area contributed by atoms with E-state index < -0.39 is 0 Å². The summed E-state index contributed by atoms with van der Waals surface area (Å²) < 4.78 is 0. The monoisotopic (exact) mass is 267 g/mol. The Bertz CT molecular complexity index is 676. The Morgan fingerprint density at radius 1 is 1.05 bits per heavy atom. The maximum atomic E-state index is 12.2. The number of hydrogen-bond acceptors (Lipinski definition) is 3. The highest BCUT2D eigenvalue weighted by Crippen LogP contribution is 2.39. The molecule has 2 nitrogen and oxygen atoms in total. The fraction of sp³-hybridized carbons (Fsp3) is 0.0625. The minimum Gasteiger partial charge on any atom is -0.360 e. The van der Waals surface area contributed by atoms with E-state index in [9.17, 15) is 4.79 Å². The van der Waals surface area contributed by atoms with Gasteiger partial charge in [0.25, 0.3) is 0 Å². The van der Waals surface area contributed by atoms with Gasteiger partial charge in [0.05, 0.1) is 4.91 Å². The van der Waals surface area contributed by atoms with Crippen LogP contribution < -0.4 is 5.32 Å². The SMILES string of the molecule is Cc1ccccc1N/C=C1/Sc2ccccc2C1=O. The number of rotatable bonds is 2. The van der Waals surface area contributed by atoms with Gasteiger partial charge in [0, 0.05) is 22.3 Å². The summed E-state index contributed by atoms with van der Waals surface area (Å²) in [5.41, 5.74) is 2.98. The number of carbonyl (C=O) groups is 1. The highest BCUT2D eigenvalue weighted by Gasteiger charge is 2.25. The lowest BCUT2D eigenvalue weighted by atomic mass is 10.1. The fourth-order valence-electron chi connectivity index (χ4n) is 2.01. The maximum Gasteiger partial charge on any atom is 0.202 e. The first-order valence-corrected chi connectivity index (χ1v) is 6.91. The van der Waals surface area contributed by atoms with Crippen LogP contribution in [0.1, 0.15) is 15.9 Å². The molecule has 1 N–H and O–H groups in total. The molecule has 3 rings (SSSR count). The lowest BCUT2D eigenvalue weighted by Gasteiger charge is -2.05. The summed E-state index contributed by atoms with van der Waals surface area (Å²) in [4.78, 5) is 13.9.